The van der Waals surface area contributed by atoms with Crippen molar-refractivity contribution < 1.29 is 28.8 Å². The van der Waals surface area contributed by atoms with Crippen LogP contribution in [0.15, 0.2) is 78.2 Å². The first-order chi connectivity index (χ1) is 27.0. The fraction of sp³-hybridized carbons (Fsp3) is 0.342. The van der Waals surface area contributed by atoms with Gasteiger partial charge in [-0.3, -0.25) is 33.8 Å². The highest BCUT2D eigenvalue weighted by Gasteiger charge is 2.33. The summed E-state index contributed by atoms with van der Waals surface area (Å²) in [4.78, 5) is 97.1. The van der Waals surface area contributed by atoms with Crippen LogP contribution in [0.4, 0.5) is 0 Å². The van der Waals surface area contributed by atoms with E-state index in [1.807, 2.05) is 24.3 Å². The lowest BCUT2D eigenvalue weighted by atomic mass is 10.0. The normalized spacial score (nSPS) is 20.3. The number of nitrogens with zero attached hydrogens (tertiary/aromatic N) is 3. The molecule has 0 radical (unpaired) electrons. The average molecular weight is 767 g/mol. The maximum Gasteiger partial charge on any atom is 0.273 e. The highest BCUT2D eigenvalue weighted by Crippen LogP contribution is 2.20. The number of amides is 6. The summed E-state index contributed by atoms with van der Waals surface area (Å²) >= 11 is 0. The third-order valence-corrected chi connectivity index (χ3v) is 9.21. The van der Waals surface area contributed by atoms with Crippen LogP contribution in [0.3, 0.4) is 0 Å². The molecule has 0 saturated carbocycles. The van der Waals surface area contributed by atoms with E-state index in [1.54, 1.807) is 36.5 Å². The molecule has 5 rings (SSSR count). The van der Waals surface area contributed by atoms with Crippen LogP contribution in [0.2, 0.25) is 0 Å². The number of para-hydroxylation sites is 1. The molecule has 2 aromatic heterocycles. The summed E-state index contributed by atoms with van der Waals surface area (Å²) in [6.07, 6.45) is 5.41. The Bertz CT molecular complexity index is 2070. The second-order valence-corrected chi connectivity index (χ2v) is 13.3. The largest absolute Gasteiger partial charge is 0.370 e. The molecule has 12 N–H and O–H groups in total. The topological polar surface area (TPSA) is 295 Å². The third kappa shape index (κ3) is 11.1. The third-order valence-electron chi connectivity index (χ3n) is 9.21. The van der Waals surface area contributed by atoms with E-state index in [4.69, 9.17) is 17.2 Å². The maximum atomic E-state index is 14.2. The summed E-state index contributed by atoms with van der Waals surface area (Å²) in [5.74, 6) is -4.60. The molecule has 0 bridgehead atoms. The van der Waals surface area contributed by atoms with Gasteiger partial charge in [-0.25, -0.2) is 9.97 Å². The van der Waals surface area contributed by atoms with Gasteiger partial charge in [-0.15, -0.1) is 0 Å². The maximum absolute atomic E-state index is 14.2. The fourth-order valence-electron chi connectivity index (χ4n) is 6.32. The number of primary amides is 1. The number of aromatic amines is 1. The number of hydrogen-bond acceptors (Lipinski definition) is 9. The minimum absolute atomic E-state index is 0.00262. The number of benzene rings is 2. The van der Waals surface area contributed by atoms with Gasteiger partial charge in [0.15, 0.2) is 17.3 Å². The number of aliphatic imine (C=N–C) groups is 1. The first kappa shape index (κ1) is 40.3. The molecular formula is C38H46N12O6. The number of aromatic nitrogens is 3. The van der Waals surface area contributed by atoms with Gasteiger partial charge in [-0.1, -0.05) is 48.5 Å². The van der Waals surface area contributed by atoms with Crippen molar-refractivity contribution in [2.75, 3.05) is 13.1 Å². The predicted octanol–water partition coefficient (Wildman–Crippen LogP) is -0.551. The molecule has 3 heterocycles. The quantitative estimate of drug-likeness (QED) is 0.0595. The van der Waals surface area contributed by atoms with E-state index in [2.05, 4.69) is 46.5 Å². The van der Waals surface area contributed by atoms with Crippen LogP contribution in [0.5, 0.6) is 0 Å². The molecule has 0 aliphatic carbocycles. The number of rotatable bonds is 9. The first-order valence-corrected chi connectivity index (χ1v) is 18.2. The van der Waals surface area contributed by atoms with E-state index in [1.165, 1.54) is 12.4 Å². The number of fused-ring (bicyclic) bond motifs is 2. The molecule has 0 spiro atoms. The minimum Gasteiger partial charge on any atom is -0.370 e. The Morgan fingerprint density at radius 1 is 0.732 bits per heavy atom. The summed E-state index contributed by atoms with van der Waals surface area (Å²) in [7, 11) is 0. The van der Waals surface area contributed by atoms with Gasteiger partial charge < -0.3 is 48.8 Å². The number of H-pyrrole nitrogens is 1. The lowest BCUT2D eigenvalue weighted by molar-refractivity contribution is -0.133. The Kier molecular flexibility index (Phi) is 14.0. The van der Waals surface area contributed by atoms with Gasteiger partial charge in [0.2, 0.25) is 23.6 Å². The van der Waals surface area contributed by atoms with Crippen molar-refractivity contribution in [3.05, 3.63) is 95.7 Å². The molecule has 4 aromatic rings. The molecule has 0 fully saturated rings. The molecule has 4 atom stereocenters. The second-order valence-electron chi connectivity index (χ2n) is 13.3. The molecule has 0 saturated heterocycles. The van der Waals surface area contributed by atoms with Crippen LogP contribution in [0.1, 0.15) is 64.2 Å². The molecule has 1 aliphatic heterocycles. The Balaban J connectivity index is 1.51. The van der Waals surface area contributed by atoms with Crippen molar-refractivity contribution in [3.63, 3.8) is 0 Å². The first-order valence-electron chi connectivity index (χ1n) is 18.2. The zero-order chi connectivity index (χ0) is 40.0. The minimum atomic E-state index is -1.26. The van der Waals surface area contributed by atoms with Crippen molar-refractivity contribution >= 4 is 52.3 Å². The highest BCUT2D eigenvalue weighted by atomic mass is 16.2. The number of carbonyl (C=O) groups is 6. The van der Waals surface area contributed by atoms with E-state index in [0.717, 1.165) is 10.9 Å². The van der Waals surface area contributed by atoms with Crippen molar-refractivity contribution in [2.24, 2.45) is 22.2 Å². The lowest BCUT2D eigenvalue weighted by Crippen LogP contribution is -2.58. The summed E-state index contributed by atoms with van der Waals surface area (Å²) in [5, 5.41) is 14.4. The van der Waals surface area contributed by atoms with Gasteiger partial charge in [-0.05, 0) is 49.3 Å². The fourth-order valence-corrected chi connectivity index (χ4v) is 6.32. The monoisotopic (exact) mass is 766 g/mol. The molecule has 2 aromatic carbocycles. The molecule has 18 heteroatoms. The summed E-state index contributed by atoms with van der Waals surface area (Å²) < 4.78 is 0. The zero-order valence-electron chi connectivity index (χ0n) is 30.6. The van der Waals surface area contributed by atoms with Gasteiger partial charge in [0.1, 0.15) is 24.2 Å². The summed E-state index contributed by atoms with van der Waals surface area (Å²) in [6, 6.07) is 11.5. The van der Waals surface area contributed by atoms with Crippen molar-refractivity contribution in [1.82, 2.24) is 41.5 Å². The Hall–Kier alpha value is -6.85. The van der Waals surface area contributed by atoms with Gasteiger partial charge in [-0.2, -0.15) is 0 Å². The van der Waals surface area contributed by atoms with Gasteiger partial charge in [0.25, 0.3) is 11.8 Å². The number of carbonyl (C=O) groups excluding carboxylic acids is 6. The zero-order valence-corrected chi connectivity index (χ0v) is 30.6. The van der Waals surface area contributed by atoms with Crippen LogP contribution in [0, 0.1) is 0 Å². The van der Waals surface area contributed by atoms with Crippen LogP contribution in [0.25, 0.3) is 10.9 Å². The van der Waals surface area contributed by atoms with Gasteiger partial charge >= 0.3 is 0 Å². The van der Waals surface area contributed by atoms with Crippen LogP contribution in [-0.2, 0) is 32.0 Å². The van der Waals surface area contributed by atoms with Crippen LogP contribution in [-0.4, -0.2) is 93.6 Å². The average Bonchev–Trinajstić information content (AvgIpc) is 3.60. The molecule has 0 unspecified atom stereocenters. The number of nitrogens with two attached hydrogens (primary N) is 3. The van der Waals surface area contributed by atoms with E-state index in [0.29, 0.717) is 24.0 Å². The van der Waals surface area contributed by atoms with Crippen LogP contribution >= 0.6 is 0 Å². The van der Waals surface area contributed by atoms with Gasteiger partial charge in [0, 0.05) is 55.4 Å². The molecule has 294 valence electrons. The van der Waals surface area contributed by atoms with Crippen molar-refractivity contribution in [3.8, 4) is 0 Å². The number of nitrogens with one attached hydrogen (secondary N) is 6. The van der Waals surface area contributed by atoms with Crippen LogP contribution < -0.4 is 43.8 Å². The summed E-state index contributed by atoms with van der Waals surface area (Å²) in [6.45, 7) is 0.266. The smallest absolute Gasteiger partial charge is 0.273 e. The van der Waals surface area contributed by atoms with Crippen molar-refractivity contribution in [2.45, 2.75) is 69.1 Å². The predicted molar refractivity (Wildman–Crippen MR) is 207 cm³/mol. The highest BCUT2D eigenvalue weighted by molar-refractivity contribution is 6.06. The van der Waals surface area contributed by atoms with E-state index in [-0.39, 0.29) is 62.5 Å². The molecule has 1 aliphatic rings. The molecule has 18 nitrogen and oxygen atoms in total. The molecular weight excluding hydrogens is 720 g/mol. The van der Waals surface area contributed by atoms with Crippen molar-refractivity contribution in [1.29, 1.82) is 0 Å². The number of hydrogen-bond donors (Lipinski definition) is 9. The standard InChI is InChI=1S/C38H46N12O6/c39-32(51)26-13-6-7-15-44-36(55)30-31(43-18-17-42-30)37(56)50-28(19-22-9-2-1-3-10-22)34(53)48-27(14-8-16-45-38(40)41)33(52)49-29(35(54)47-26)20-23-21-46-25-12-5-4-11-24(23)25/h1-5,9-12,17-18,21,26-29,46H,6-8,13-16,19-20H2,(H2,39,51)(H,44,55)(H,47,54)(H,48,53)(H,49,52)(H,50,56)(H4,40,41,45)/t26-,27-,28+,29-/m0/s1. The van der Waals surface area contributed by atoms with E-state index in [9.17, 15) is 28.8 Å². The summed E-state index contributed by atoms with van der Waals surface area (Å²) in [5.41, 5.74) is 18.4. The molecule has 56 heavy (non-hydrogen) atoms. The second kappa shape index (κ2) is 19.5. The molecule has 6 amide bonds. The Morgan fingerprint density at radius 3 is 2.11 bits per heavy atom. The Labute approximate surface area is 322 Å². The van der Waals surface area contributed by atoms with Gasteiger partial charge in [0.05, 0.1) is 0 Å². The van der Waals surface area contributed by atoms with E-state index < -0.39 is 59.6 Å². The number of guanidine groups is 1. The lowest BCUT2D eigenvalue weighted by Gasteiger charge is -2.26. The SMILES string of the molecule is NC(=O)[C@@H]1CCCCNC(=O)c2nccnc2C(=O)N[C@H](Cc2ccccc2)C(=O)N[C@@H](CCCN=C(N)N)C(=O)N[C@@H](Cc2c[nH]c3ccccc23)C(=O)N1. The Morgan fingerprint density at radius 2 is 1.38 bits per heavy atom. The van der Waals surface area contributed by atoms with E-state index >= 15 is 0 Å².